The first-order chi connectivity index (χ1) is 8.27. The van der Waals surface area contributed by atoms with Gasteiger partial charge in [-0.1, -0.05) is 18.2 Å². The van der Waals surface area contributed by atoms with Gasteiger partial charge >= 0.3 is 5.69 Å². The lowest BCUT2D eigenvalue weighted by atomic mass is 10.3. The fourth-order valence-corrected chi connectivity index (χ4v) is 1.61. The maximum Gasteiger partial charge on any atom is 0.373 e. The molecule has 0 atom stereocenters. The van der Waals surface area contributed by atoms with Crippen molar-refractivity contribution < 1.29 is 0 Å². The molecule has 0 N–H and O–H groups in total. The molecule has 0 radical (unpaired) electrons. The highest BCUT2D eigenvalue weighted by molar-refractivity contribution is 5.40. The molecule has 7 heteroatoms. The Kier molecular flexibility index (Phi) is 1.97. The molecule has 0 fully saturated rings. The Balaban J connectivity index is 2.39. The van der Waals surface area contributed by atoms with E-state index in [1.54, 1.807) is 19.1 Å². The molecule has 0 unspecified atom stereocenters. The minimum Gasteiger partial charge on any atom is -0.243 e. The van der Waals surface area contributed by atoms with Crippen LogP contribution in [-0.2, 0) is 0 Å². The van der Waals surface area contributed by atoms with E-state index in [0.717, 1.165) is 4.52 Å². The van der Waals surface area contributed by atoms with E-state index in [4.69, 9.17) is 0 Å². The summed E-state index contributed by atoms with van der Waals surface area (Å²) < 4.78 is 2.41. The predicted octanol–water partition coefficient (Wildman–Crippen LogP) is -0.0214. The number of nitrogens with zero attached hydrogens (tertiary/aromatic N) is 6. The van der Waals surface area contributed by atoms with Gasteiger partial charge in [0.2, 0.25) is 5.65 Å². The fourth-order valence-electron chi connectivity index (χ4n) is 1.61. The van der Waals surface area contributed by atoms with Crippen molar-refractivity contribution in [1.29, 1.82) is 0 Å². The van der Waals surface area contributed by atoms with Crippen molar-refractivity contribution in [1.82, 2.24) is 29.8 Å². The number of para-hydroxylation sites is 1. The molecule has 0 bridgehead atoms. The Bertz CT molecular complexity index is 729. The zero-order valence-electron chi connectivity index (χ0n) is 8.98. The van der Waals surface area contributed by atoms with E-state index in [9.17, 15) is 4.79 Å². The average Bonchev–Trinajstić information content (AvgIpc) is 2.85. The van der Waals surface area contributed by atoms with Crippen LogP contribution in [0, 0.1) is 6.92 Å². The Morgan fingerprint density at radius 2 is 1.94 bits per heavy atom. The minimum absolute atomic E-state index is 0.377. The Morgan fingerprint density at radius 1 is 1.18 bits per heavy atom. The van der Waals surface area contributed by atoms with Crippen LogP contribution in [-0.4, -0.2) is 29.8 Å². The Labute approximate surface area is 95.3 Å². The van der Waals surface area contributed by atoms with Gasteiger partial charge in [0, 0.05) is 0 Å². The van der Waals surface area contributed by atoms with Gasteiger partial charge in [0.1, 0.15) is 5.69 Å². The van der Waals surface area contributed by atoms with E-state index in [2.05, 4.69) is 20.6 Å². The highest BCUT2D eigenvalue weighted by Crippen LogP contribution is 2.04. The number of aryl methyl sites for hydroxylation is 1. The third-order valence-electron chi connectivity index (χ3n) is 2.41. The van der Waals surface area contributed by atoms with Crippen LogP contribution >= 0.6 is 0 Å². The first kappa shape index (κ1) is 9.64. The fraction of sp³-hybridized carbons (Fsp3) is 0.100. The van der Waals surface area contributed by atoms with Crippen LogP contribution in [0.4, 0.5) is 0 Å². The molecule has 1 aromatic carbocycles. The lowest BCUT2D eigenvalue weighted by Crippen LogP contribution is -2.29. The molecule has 0 saturated carbocycles. The van der Waals surface area contributed by atoms with Gasteiger partial charge < -0.3 is 0 Å². The minimum atomic E-state index is -0.387. The van der Waals surface area contributed by atoms with E-state index in [-0.39, 0.29) is 5.69 Å². The second-order valence-electron chi connectivity index (χ2n) is 3.53. The molecule has 2 heterocycles. The van der Waals surface area contributed by atoms with Gasteiger partial charge in [-0.25, -0.2) is 4.79 Å². The molecule has 3 rings (SSSR count). The van der Waals surface area contributed by atoms with E-state index in [1.165, 1.54) is 4.68 Å². The summed E-state index contributed by atoms with van der Waals surface area (Å²) in [6.45, 7) is 1.75. The van der Waals surface area contributed by atoms with Gasteiger partial charge in [-0.05, 0) is 29.5 Å². The highest BCUT2D eigenvalue weighted by Gasteiger charge is 2.10. The van der Waals surface area contributed by atoms with Gasteiger partial charge in [-0.2, -0.15) is 9.78 Å². The van der Waals surface area contributed by atoms with Crippen LogP contribution < -0.4 is 5.69 Å². The highest BCUT2D eigenvalue weighted by atomic mass is 16.2. The molecule has 2 aromatic heterocycles. The summed E-state index contributed by atoms with van der Waals surface area (Å²) >= 11 is 0. The maximum absolute atomic E-state index is 12.1. The zero-order valence-corrected chi connectivity index (χ0v) is 8.98. The molecule has 0 amide bonds. The van der Waals surface area contributed by atoms with Crippen molar-refractivity contribution in [3.05, 3.63) is 46.5 Å². The van der Waals surface area contributed by atoms with Crippen LogP contribution in [0.15, 0.2) is 35.1 Å². The number of rotatable bonds is 1. The summed E-state index contributed by atoms with van der Waals surface area (Å²) in [5.41, 5.74) is 1.26. The summed E-state index contributed by atoms with van der Waals surface area (Å²) in [5.74, 6) is 0. The lowest BCUT2D eigenvalue weighted by molar-refractivity contribution is 0.681. The normalized spacial score (nSPS) is 10.9. The Morgan fingerprint density at radius 3 is 2.71 bits per heavy atom. The van der Waals surface area contributed by atoms with Gasteiger partial charge in [0.05, 0.1) is 5.69 Å². The third-order valence-corrected chi connectivity index (χ3v) is 2.41. The molecule has 0 saturated heterocycles. The van der Waals surface area contributed by atoms with Gasteiger partial charge in [0.15, 0.2) is 0 Å². The smallest absolute Gasteiger partial charge is 0.243 e. The predicted molar refractivity (Wildman–Crippen MR) is 58.9 cm³/mol. The quantitative estimate of drug-likeness (QED) is 0.584. The van der Waals surface area contributed by atoms with Crippen LogP contribution in [0.2, 0.25) is 0 Å². The van der Waals surface area contributed by atoms with E-state index in [1.807, 2.05) is 18.2 Å². The van der Waals surface area contributed by atoms with Crippen molar-refractivity contribution in [2.45, 2.75) is 6.92 Å². The first-order valence-corrected chi connectivity index (χ1v) is 5.01. The monoisotopic (exact) mass is 228 g/mol. The second-order valence-corrected chi connectivity index (χ2v) is 3.53. The molecule has 0 aliphatic heterocycles. The van der Waals surface area contributed by atoms with E-state index < -0.39 is 0 Å². The van der Waals surface area contributed by atoms with Crippen molar-refractivity contribution in [3.8, 4) is 5.69 Å². The van der Waals surface area contributed by atoms with Crippen molar-refractivity contribution in [3.63, 3.8) is 0 Å². The van der Waals surface area contributed by atoms with Crippen LogP contribution in [0.3, 0.4) is 0 Å². The topological polar surface area (TPSA) is 78.0 Å². The van der Waals surface area contributed by atoms with Crippen molar-refractivity contribution >= 4 is 5.65 Å². The van der Waals surface area contributed by atoms with Gasteiger partial charge in [-0.15, -0.1) is 9.61 Å². The van der Waals surface area contributed by atoms with Crippen LogP contribution in [0.1, 0.15) is 5.69 Å². The molecule has 0 aliphatic rings. The number of hydrogen-bond donors (Lipinski definition) is 0. The van der Waals surface area contributed by atoms with E-state index >= 15 is 0 Å². The lowest BCUT2D eigenvalue weighted by Gasteiger charge is -2.04. The van der Waals surface area contributed by atoms with Crippen molar-refractivity contribution in [2.75, 3.05) is 0 Å². The third kappa shape index (κ3) is 1.40. The SMILES string of the molecule is Cc1nn(-c2ccccc2)c(=O)n2nnnc12. The van der Waals surface area contributed by atoms with Gasteiger partial charge in [-0.3, -0.25) is 0 Å². The molecule has 0 spiro atoms. The number of hydrogen-bond acceptors (Lipinski definition) is 5. The number of benzene rings is 1. The largest absolute Gasteiger partial charge is 0.373 e. The summed E-state index contributed by atoms with van der Waals surface area (Å²) in [6, 6.07) is 9.14. The molecule has 17 heavy (non-hydrogen) atoms. The number of tetrazole rings is 1. The number of fused-ring (bicyclic) bond motifs is 1. The second kappa shape index (κ2) is 3.48. The molecule has 3 aromatic rings. The standard InChI is InChI=1S/C10H8N6O/c1-7-9-11-13-14-16(9)10(17)15(12-7)8-5-3-2-4-6-8/h2-6H,1H3. The average molecular weight is 228 g/mol. The number of aromatic nitrogens is 6. The molecular weight excluding hydrogens is 220 g/mol. The van der Waals surface area contributed by atoms with E-state index in [0.29, 0.717) is 17.0 Å². The molecule has 0 aliphatic carbocycles. The summed E-state index contributed by atoms with van der Waals surface area (Å²) in [5, 5.41) is 15.0. The molecule has 84 valence electrons. The van der Waals surface area contributed by atoms with Crippen LogP contribution in [0.25, 0.3) is 11.3 Å². The zero-order chi connectivity index (χ0) is 11.8. The summed E-state index contributed by atoms with van der Waals surface area (Å²) in [4.78, 5) is 12.1. The summed E-state index contributed by atoms with van der Waals surface area (Å²) in [6.07, 6.45) is 0. The first-order valence-electron chi connectivity index (χ1n) is 5.01. The van der Waals surface area contributed by atoms with Crippen LogP contribution in [0.5, 0.6) is 0 Å². The maximum atomic E-state index is 12.1. The summed E-state index contributed by atoms with van der Waals surface area (Å²) in [7, 11) is 0. The van der Waals surface area contributed by atoms with Crippen molar-refractivity contribution in [2.24, 2.45) is 0 Å². The molecular formula is C10H8N6O. The Hall–Kier alpha value is -2.57. The van der Waals surface area contributed by atoms with Gasteiger partial charge in [0.25, 0.3) is 0 Å². The molecule has 7 nitrogen and oxygen atoms in total.